The Morgan fingerprint density at radius 3 is 2.59 bits per heavy atom. The fourth-order valence-electron chi connectivity index (χ4n) is 3.45. The number of benzene rings is 2. The van der Waals surface area contributed by atoms with E-state index in [1.807, 2.05) is 35.2 Å². The van der Waals surface area contributed by atoms with Crippen LogP contribution in [0.2, 0.25) is 0 Å². The molecule has 1 aliphatic rings. The number of hydrogen-bond donors (Lipinski definition) is 2. The summed E-state index contributed by atoms with van der Waals surface area (Å²) in [5.41, 5.74) is 3.63. The number of anilines is 2. The standard InChI is InChI=1S/C22H27N3O4/c1-4-11-25-18-8-7-17(13-16(18)6-10-21(25)26)24-22(27)23-14-15-5-9-19(28-2)20(12-15)29-3/h5,7-9,12-13H,4,6,10-11,14H2,1-3H3,(H2,23,24,27). The molecule has 7 nitrogen and oxygen atoms in total. The van der Waals surface area contributed by atoms with Crippen LogP contribution in [-0.4, -0.2) is 32.7 Å². The lowest BCUT2D eigenvalue weighted by Crippen LogP contribution is -2.35. The summed E-state index contributed by atoms with van der Waals surface area (Å²) >= 11 is 0. The topological polar surface area (TPSA) is 79.9 Å². The van der Waals surface area contributed by atoms with Crippen LogP contribution >= 0.6 is 0 Å². The Morgan fingerprint density at radius 2 is 1.86 bits per heavy atom. The lowest BCUT2D eigenvalue weighted by Gasteiger charge is -2.29. The van der Waals surface area contributed by atoms with Gasteiger partial charge in [-0.2, -0.15) is 0 Å². The van der Waals surface area contributed by atoms with E-state index in [1.54, 1.807) is 20.3 Å². The number of amides is 3. The third-order valence-corrected chi connectivity index (χ3v) is 4.89. The highest BCUT2D eigenvalue weighted by Crippen LogP contribution is 2.30. The molecule has 2 aromatic rings. The van der Waals surface area contributed by atoms with Crippen molar-refractivity contribution in [3.05, 3.63) is 47.5 Å². The number of carbonyl (C=O) groups is 2. The van der Waals surface area contributed by atoms with Crippen molar-refractivity contribution in [2.45, 2.75) is 32.7 Å². The van der Waals surface area contributed by atoms with Gasteiger partial charge in [0.2, 0.25) is 5.91 Å². The van der Waals surface area contributed by atoms with Gasteiger partial charge in [0.1, 0.15) is 0 Å². The minimum Gasteiger partial charge on any atom is -0.493 e. The Labute approximate surface area is 171 Å². The molecule has 0 radical (unpaired) electrons. The molecule has 29 heavy (non-hydrogen) atoms. The molecule has 0 aromatic heterocycles. The number of rotatable bonds is 7. The molecule has 0 unspecified atom stereocenters. The van der Waals surface area contributed by atoms with Crippen LogP contribution in [-0.2, 0) is 17.8 Å². The minimum atomic E-state index is -0.294. The fourth-order valence-corrected chi connectivity index (χ4v) is 3.45. The van der Waals surface area contributed by atoms with Crippen LogP contribution in [0.3, 0.4) is 0 Å². The first-order chi connectivity index (χ1) is 14.0. The van der Waals surface area contributed by atoms with Crippen LogP contribution in [0, 0.1) is 0 Å². The van der Waals surface area contributed by atoms with Gasteiger partial charge in [0.15, 0.2) is 11.5 Å². The number of aryl methyl sites for hydroxylation is 1. The van der Waals surface area contributed by atoms with Gasteiger partial charge in [-0.25, -0.2) is 4.79 Å². The second-order valence-corrected chi connectivity index (χ2v) is 6.89. The van der Waals surface area contributed by atoms with Gasteiger partial charge in [-0.05, 0) is 54.3 Å². The molecule has 0 saturated heterocycles. The summed E-state index contributed by atoms with van der Waals surface area (Å²) in [6.07, 6.45) is 2.10. The summed E-state index contributed by atoms with van der Waals surface area (Å²) in [5, 5.41) is 5.70. The van der Waals surface area contributed by atoms with Crippen LogP contribution in [0.4, 0.5) is 16.2 Å². The molecule has 2 N–H and O–H groups in total. The minimum absolute atomic E-state index is 0.160. The second kappa shape index (κ2) is 9.32. The zero-order valence-corrected chi connectivity index (χ0v) is 17.1. The van der Waals surface area contributed by atoms with Crippen molar-refractivity contribution in [1.82, 2.24) is 5.32 Å². The van der Waals surface area contributed by atoms with Crippen molar-refractivity contribution >= 4 is 23.3 Å². The number of hydrogen-bond acceptors (Lipinski definition) is 4. The molecule has 2 aromatic carbocycles. The monoisotopic (exact) mass is 397 g/mol. The third kappa shape index (κ3) is 4.80. The van der Waals surface area contributed by atoms with E-state index in [0.717, 1.165) is 23.2 Å². The van der Waals surface area contributed by atoms with Crippen LogP contribution in [0.25, 0.3) is 0 Å². The first-order valence-electron chi connectivity index (χ1n) is 9.74. The molecule has 154 valence electrons. The van der Waals surface area contributed by atoms with Gasteiger partial charge in [-0.3, -0.25) is 4.79 Å². The van der Waals surface area contributed by atoms with Gasteiger partial charge in [0.25, 0.3) is 0 Å². The summed E-state index contributed by atoms with van der Waals surface area (Å²) in [6.45, 7) is 3.13. The predicted octanol–water partition coefficient (Wildman–Crippen LogP) is 3.71. The molecule has 1 heterocycles. The number of ether oxygens (including phenoxy) is 2. The zero-order chi connectivity index (χ0) is 20.8. The Bertz CT molecular complexity index is 898. The number of nitrogens with one attached hydrogen (secondary N) is 2. The van der Waals surface area contributed by atoms with Crippen LogP contribution in [0.15, 0.2) is 36.4 Å². The third-order valence-electron chi connectivity index (χ3n) is 4.89. The molecule has 0 bridgehead atoms. The van der Waals surface area contributed by atoms with Crippen LogP contribution in [0.1, 0.15) is 30.9 Å². The van der Waals surface area contributed by atoms with E-state index < -0.39 is 0 Å². The quantitative estimate of drug-likeness (QED) is 0.746. The molecule has 0 fully saturated rings. The normalized spacial score (nSPS) is 12.9. The smallest absolute Gasteiger partial charge is 0.319 e. The molecule has 3 amide bonds. The van der Waals surface area contributed by atoms with E-state index in [9.17, 15) is 9.59 Å². The molecule has 0 aliphatic carbocycles. The number of methoxy groups -OCH3 is 2. The van der Waals surface area contributed by atoms with Gasteiger partial charge in [-0.15, -0.1) is 0 Å². The lowest BCUT2D eigenvalue weighted by atomic mass is 10.00. The molecule has 0 atom stereocenters. The number of fused-ring (bicyclic) bond motifs is 1. The Kier molecular flexibility index (Phi) is 6.59. The Hall–Kier alpha value is -3.22. The maximum Gasteiger partial charge on any atom is 0.319 e. The van der Waals surface area contributed by atoms with E-state index >= 15 is 0 Å². The molecular weight excluding hydrogens is 370 g/mol. The van der Waals surface area contributed by atoms with Crippen molar-refractivity contribution < 1.29 is 19.1 Å². The number of nitrogens with zero attached hydrogens (tertiary/aromatic N) is 1. The van der Waals surface area contributed by atoms with Gasteiger partial charge >= 0.3 is 6.03 Å². The predicted molar refractivity (Wildman–Crippen MR) is 113 cm³/mol. The summed E-state index contributed by atoms with van der Waals surface area (Å²) in [4.78, 5) is 26.3. The summed E-state index contributed by atoms with van der Waals surface area (Å²) in [7, 11) is 3.16. The molecule has 0 saturated carbocycles. The largest absolute Gasteiger partial charge is 0.493 e. The Morgan fingerprint density at radius 1 is 1.07 bits per heavy atom. The number of carbonyl (C=O) groups excluding carboxylic acids is 2. The highest BCUT2D eigenvalue weighted by molar-refractivity contribution is 5.97. The lowest BCUT2D eigenvalue weighted by molar-refractivity contribution is -0.118. The highest BCUT2D eigenvalue weighted by Gasteiger charge is 2.23. The van der Waals surface area contributed by atoms with Crippen molar-refractivity contribution in [2.75, 3.05) is 31.0 Å². The maximum atomic E-state index is 12.3. The van der Waals surface area contributed by atoms with Crippen LogP contribution in [0.5, 0.6) is 11.5 Å². The van der Waals surface area contributed by atoms with Crippen molar-refractivity contribution in [1.29, 1.82) is 0 Å². The first-order valence-corrected chi connectivity index (χ1v) is 9.74. The molecule has 1 aliphatic heterocycles. The van der Waals surface area contributed by atoms with Gasteiger partial charge in [0.05, 0.1) is 14.2 Å². The molecule has 7 heteroatoms. The van der Waals surface area contributed by atoms with E-state index in [2.05, 4.69) is 17.6 Å². The highest BCUT2D eigenvalue weighted by atomic mass is 16.5. The second-order valence-electron chi connectivity index (χ2n) is 6.89. The van der Waals surface area contributed by atoms with Gasteiger partial charge in [-0.1, -0.05) is 13.0 Å². The summed E-state index contributed by atoms with van der Waals surface area (Å²) in [5.74, 6) is 1.42. The summed E-state index contributed by atoms with van der Waals surface area (Å²) in [6, 6.07) is 10.9. The van der Waals surface area contributed by atoms with Gasteiger partial charge in [0, 0.05) is 30.9 Å². The van der Waals surface area contributed by atoms with Crippen molar-refractivity contribution in [3.63, 3.8) is 0 Å². The summed E-state index contributed by atoms with van der Waals surface area (Å²) < 4.78 is 10.5. The Balaban J connectivity index is 1.62. The van der Waals surface area contributed by atoms with Gasteiger partial charge < -0.3 is 25.0 Å². The first kappa shape index (κ1) is 20.5. The molecule has 3 rings (SSSR count). The average molecular weight is 397 g/mol. The SMILES string of the molecule is CCCN1C(=O)CCc2cc(NC(=O)NCc3ccc(OC)c(OC)c3)ccc21. The molecular formula is C22H27N3O4. The van der Waals surface area contributed by atoms with Crippen molar-refractivity contribution in [2.24, 2.45) is 0 Å². The fraction of sp³-hybridized carbons (Fsp3) is 0.364. The zero-order valence-electron chi connectivity index (χ0n) is 17.1. The average Bonchev–Trinajstić information content (AvgIpc) is 2.74. The van der Waals surface area contributed by atoms with Crippen LogP contribution < -0.4 is 25.0 Å². The molecule has 0 spiro atoms. The maximum absolute atomic E-state index is 12.3. The number of urea groups is 1. The van der Waals surface area contributed by atoms with E-state index in [0.29, 0.717) is 43.1 Å². The van der Waals surface area contributed by atoms with E-state index in [1.165, 1.54) is 0 Å². The van der Waals surface area contributed by atoms with Crippen molar-refractivity contribution in [3.8, 4) is 11.5 Å². The van der Waals surface area contributed by atoms with E-state index in [4.69, 9.17) is 9.47 Å². The van der Waals surface area contributed by atoms with E-state index in [-0.39, 0.29) is 11.9 Å².